The molecule has 24 heavy (non-hydrogen) atoms. The van der Waals surface area contributed by atoms with Crippen molar-refractivity contribution in [2.45, 2.75) is 26.7 Å². The molecule has 0 bridgehead atoms. The smallest absolute Gasteiger partial charge is 0.264 e. The van der Waals surface area contributed by atoms with Gasteiger partial charge in [0, 0.05) is 31.1 Å². The molecule has 0 saturated carbocycles. The molecule has 2 aromatic heterocycles. The predicted molar refractivity (Wildman–Crippen MR) is 93.6 cm³/mol. The lowest BCUT2D eigenvalue weighted by molar-refractivity contribution is 0.0537. The van der Waals surface area contributed by atoms with E-state index >= 15 is 0 Å². The van der Waals surface area contributed by atoms with Crippen LogP contribution in [0.2, 0.25) is 0 Å². The van der Waals surface area contributed by atoms with Crippen molar-refractivity contribution in [2.24, 2.45) is 0 Å². The highest BCUT2D eigenvalue weighted by molar-refractivity contribution is 7.14. The number of aryl methyl sites for hydroxylation is 2. The van der Waals surface area contributed by atoms with Crippen LogP contribution in [0.25, 0.3) is 0 Å². The molecule has 0 radical (unpaired) electrons. The van der Waals surface area contributed by atoms with Crippen molar-refractivity contribution in [3.8, 4) is 0 Å². The Balaban J connectivity index is 1.61. The lowest BCUT2D eigenvalue weighted by Gasteiger charge is -2.34. The number of hydrogen-bond donors (Lipinski definition) is 0. The molecule has 0 N–H and O–H groups in total. The topological polar surface area (TPSA) is 53.8 Å². The molecule has 0 unspecified atom stereocenters. The lowest BCUT2D eigenvalue weighted by atomic mass is 10.1. The van der Waals surface area contributed by atoms with Crippen LogP contribution < -0.4 is 0 Å². The van der Waals surface area contributed by atoms with Gasteiger partial charge >= 0.3 is 0 Å². The maximum Gasteiger partial charge on any atom is 0.264 e. The number of furan rings is 1. The van der Waals surface area contributed by atoms with Gasteiger partial charge in [0.2, 0.25) is 0 Å². The maximum atomic E-state index is 12.7. The van der Waals surface area contributed by atoms with Gasteiger partial charge in [0.15, 0.2) is 0 Å². The van der Waals surface area contributed by atoms with Crippen molar-refractivity contribution in [3.63, 3.8) is 0 Å². The van der Waals surface area contributed by atoms with Crippen LogP contribution in [-0.4, -0.2) is 47.8 Å². The van der Waals surface area contributed by atoms with Crippen molar-refractivity contribution in [1.82, 2.24) is 9.80 Å². The van der Waals surface area contributed by atoms with Gasteiger partial charge < -0.3 is 14.2 Å². The zero-order chi connectivity index (χ0) is 17.1. The van der Waals surface area contributed by atoms with E-state index in [2.05, 4.69) is 13.8 Å². The second-order valence-corrected chi connectivity index (χ2v) is 7.29. The fraction of sp³-hybridized carbons (Fsp3) is 0.444. The van der Waals surface area contributed by atoms with Crippen LogP contribution in [0.3, 0.4) is 0 Å². The Hall–Kier alpha value is -2.08. The number of carbonyl (C=O) groups is 2. The van der Waals surface area contributed by atoms with Crippen LogP contribution in [0.4, 0.5) is 0 Å². The average Bonchev–Trinajstić information content (AvgIpc) is 3.25. The number of amides is 2. The third kappa shape index (κ3) is 3.38. The van der Waals surface area contributed by atoms with Gasteiger partial charge in [-0.05, 0) is 31.0 Å². The lowest BCUT2D eigenvalue weighted by Crippen LogP contribution is -2.50. The molecule has 3 rings (SSSR count). The van der Waals surface area contributed by atoms with Gasteiger partial charge in [0.25, 0.3) is 11.8 Å². The van der Waals surface area contributed by atoms with Crippen LogP contribution in [0.1, 0.15) is 43.8 Å². The van der Waals surface area contributed by atoms with E-state index in [1.807, 2.05) is 11.0 Å². The second kappa shape index (κ2) is 7.21. The second-order valence-electron chi connectivity index (χ2n) is 6.04. The van der Waals surface area contributed by atoms with Crippen LogP contribution >= 0.6 is 11.3 Å². The van der Waals surface area contributed by atoms with Crippen molar-refractivity contribution >= 4 is 23.2 Å². The summed E-state index contributed by atoms with van der Waals surface area (Å²) in [7, 11) is 0. The molecule has 2 aromatic rings. The zero-order valence-corrected chi connectivity index (χ0v) is 14.9. The van der Waals surface area contributed by atoms with E-state index in [1.165, 1.54) is 23.0 Å². The number of piperazine rings is 1. The molecule has 1 aliphatic rings. The molecular weight excluding hydrogens is 324 g/mol. The molecule has 0 aliphatic carbocycles. The van der Waals surface area contributed by atoms with E-state index in [4.69, 9.17) is 4.42 Å². The van der Waals surface area contributed by atoms with Gasteiger partial charge in [-0.2, -0.15) is 0 Å². The molecule has 0 aromatic carbocycles. The van der Waals surface area contributed by atoms with Crippen molar-refractivity contribution in [3.05, 3.63) is 45.5 Å². The van der Waals surface area contributed by atoms with Crippen LogP contribution in [-0.2, 0) is 6.42 Å². The Morgan fingerprint density at radius 2 is 1.83 bits per heavy atom. The fourth-order valence-corrected chi connectivity index (χ4v) is 4.02. The van der Waals surface area contributed by atoms with Gasteiger partial charge in [0.05, 0.1) is 16.7 Å². The normalized spacial score (nSPS) is 14.9. The van der Waals surface area contributed by atoms with E-state index in [-0.39, 0.29) is 11.8 Å². The highest BCUT2D eigenvalue weighted by Gasteiger charge is 2.26. The van der Waals surface area contributed by atoms with E-state index in [1.54, 1.807) is 22.3 Å². The minimum Gasteiger partial charge on any atom is -0.472 e. The molecule has 1 aliphatic heterocycles. The molecule has 1 saturated heterocycles. The monoisotopic (exact) mass is 346 g/mol. The maximum absolute atomic E-state index is 12.7. The standard InChI is InChI=1S/C18H22N2O3S/c1-3-4-14-11-16(24-13(14)2)18(22)20-8-6-19(7-9-20)17(21)15-5-10-23-12-15/h5,10-12H,3-4,6-9H2,1-2H3. The minimum absolute atomic E-state index is 0.0342. The van der Waals surface area contributed by atoms with E-state index < -0.39 is 0 Å². The summed E-state index contributed by atoms with van der Waals surface area (Å²) >= 11 is 1.58. The summed E-state index contributed by atoms with van der Waals surface area (Å²) in [5, 5.41) is 0. The summed E-state index contributed by atoms with van der Waals surface area (Å²) in [6.45, 7) is 6.48. The van der Waals surface area contributed by atoms with Gasteiger partial charge in [-0.15, -0.1) is 11.3 Å². The molecule has 5 nitrogen and oxygen atoms in total. The van der Waals surface area contributed by atoms with Gasteiger partial charge in [-0.25, -0.2) is 0 Å². The van der Waals surface area contributed by atoms with E-state index in [9.17, 15) is 9.59 Å². The van der Waals surface area contributed by atoms with Gasteiger partial charge in [-0.1, -0.05) is 13.3 Å². The van der Waals surface area contributed by atoms with Crippen molar-refractivity contribution in [2.75, 3.05) is 26.2 Å². The Labute approximate surface area is 145 Å². The largest absolute Gasteiger partial charge is 0.472 e. The highest BCUT2D eigenvalue weighted by atomic mass is 32.1. The Morgan fingerprint density at radius 3 is 2.42 bits per heavy atom. The molecule has 2 amide bonds. The molecule has 6 heteroatoms. The predicted octanol–water partition coefficient (Wildman–Crippen LogP) is 3.20. The first-order chi connectivity index (χ1) is 11.6. The molecule has 3 heterocycles. The Kier molecular flexibility index (Phi) is 5.04. The summed E-state index contributed by atoms with van der Waals surface area (Å²) in [6, 6.07) is 3.71. The SMILES string of the molecule is CCCc1cc(C(=O)N2CCN(C(=O)c3ccoc3)CC2)sc1C. The third-order valence-corrected chi connectivity index (χ3v) is 5.45. The van der Waals surface area contributed by atoms with Crippen LogP contribution in [0, 0.1) is 6.92 Å². The summed E-state index contributed by atoms with van der Waals surface area (Å²) < 4.78 is 4.97. The Bertz CT molecular complexity index is 713. The number of nitrogens with zero attached hydrogens (tertiary/aromatic N) is 2. The third-order valence-electron chi connectivity index (χ3n) is 4.37. The summed E-state index contributed by atoms with van der Waals surface area (Å²) in [4.78, 5) is 30.6. The summed E-state index contributed by atoms with van der Waals surface area (Å²) in [5.41, 5.74) is 1.84. The minimum atomic E-state index is -0.0342. The first kappa shape index (κ1) is 16.8. The number of carbonyl (C=O) groups excluding carboxylic acids is 2. The Morgan fingerprint density at radius 1 is 1.17 bits per heavy atom. The molecule has 1 fully saturated rings. The van der Waals surface area contributed by atoms with E-state index in [0.717, 1.165) is 17.7 Å². The van der Waals surface area contributed by atoms with E-state index in [0.29, 0.717) is 31.7 Å². The average molecular weight is 346 g/mol. The molecule has 128 valence electrons. The number of thiophene rings is 1. The number of hydrogen-bond acceptors (Lipinski definition) is 4. The molecular formula is C18H22N2O3S. The van der Waals surface area contributed by atoms with Crippen LogP contribution in [0.5, 0.6) is 0 Å². The summed E-state index contributed by atoms with van der Waals surface area (Å²) in [6.07, 6.45) is 5.06. The molecule has 0 atom stereocenters. The number of rotatable bonds is 4. The van der Waals surface area contributed by atoms with Crippen molar-refractivity contribution in [1.29, 1.82) is 0 Å². The summed E-state index contributed by atoms with van der Waals surface area (Å²) in [5.74, 6) is 0.0499. The first-order valence-corrected chi connectivity index (χ1v) is 9.12. The van der Waals surface area contributed by atoms with Crippen LogP contribution in [0.15, 0.2) is 29.1 Å². The molecule has 0 spiro atoms. The van der Waals surface area contributed by atoms with Crippen molar-refractivity contribution < 1.29 is 14.0 Å². The quantitative estimate of drug-likeness (QED) is 0.854. The van der Waals surface area contributed by atoms with Gasteiger partial charge in [-0.3, -0.25) is 9.59 Å². The first-order valence-electron chi connectivity index (χ1n) is 8.30. The van der Waals surface area contributed by atoms with Gasteiger partial charge in [0.1, 0.15) is 6.26 Å². The zero-order valence-electron chi connectivity index (χ0n) is 14.1. The fourth-order valence-electron chi connectivity index (χ4n) is 2.98. The highest BCUT2D eigenvalue weighted by Crippen LogP contribution is 2.24.